The second-order valence-corrected chi connectivity index (χ2v) is 11.7. The van der Waals surface area contributed by atoms with Crippen LogP contribution in [0.5, 0.6) is 0 Å². The first-order valence-electron chi connectivity index (χ1n) is 13.7. The summed E-state index contributed by atoms with van der Waals surface area (Å²) >= 11 is 1.51. The molecule has 2 aromatic heterocycles. The van der Waals surface area contributed by atoms with Crippen molar-refractivity contribution in [3.05, 3.63) is 63.2 Å². The van der Waals surface area contributed by atoms with Gasteiger partial charge in [-0.2, -0.15) is 0 Å². The lowest BCUT2D eigenvalue weighted by Crippen LogP contribution is -2.39. The fourth-order valence-corrected chi connectivity index (χ4v) is 7.36. The number of aryl methyl sites for hydroxylation is 1. The maximum absolute atomic E-state index is 13.6. The number of pyridine rings is 1. The number of hydrogen-bond donors (Lipinski definition) is 2. The molecule has 38 heavy (non-hydrogen) atoms. The summed E-state index contributed by atoms with van der Waals surface area (Å²) in [5.74, 6) is 0.652. The van der Waals surface area contributed by atoms with E-state index >= 15 is 0 Å². The van der Waals surface area contributed by atoms with E-state index in [2.05, 4.69) is 32.8 Å². The molecule has 8 heteroatoms. The van der Waals surface area contributed by atoms with Crippen LogP contribution in [-0.4, -0.2) is 45.1 Å². The minimum atomic E-state index is -0.159. The van der Waals surface area contributed by atoms with Crippen LogP contribution in [0.15, 0.2) is 40.0 Å². The van der Waals surface area contributed by atoms with Crippen LogP contribution in [-0.2, 0) is 11.3 Å². The number of nitrogens with one attached hydrogen (secondary N) is 2. The quantitative estimate of drug-likeness (QED) is 0.401. The minimum Gasteiger partial charge on any atom is -0.348 e. The molecule has 0 bridgehead atoms. The molecular weight excluding hydrogens is 496 g/mol. The molecule has 2 aliphatic rings. The molecule has 0 unspecified atom stereocenters. The Morgan fingerprint density at radius 1 is 1.16 bits per heavy atom. The number of likely N-dealkylation sites (tertiary alicyclic amines) is 1. The number of benzene rings is 1. The van der Waals surface area contributed by atoms with Crippen molar-refractivity contribution in [1.82, 2.24) is 19.8 Å². The van der Waals surface area contributed by atoms with Crippen molar-refractivity contribution >= 4 is 34.5 Å². The molecule has 7 nitrogen and oxygen atoms in total. The van der Waals surface area contributed by atoms with Gasteiger partial charge in [0.25, 0.3) is 11.5 Å². The van der Waals surface area contributed by atoms with Crippen molar-refractivity contribution in [2.45, 2.75) is 82.8 Å². The van der Waals surface area contributed by atoms with Crippen molar-refractivity contribution < 1.29 is 9.59 Å². The predicted octanol–water partition coefficient (Wildman–Crippen LogP) is 5.34. The third kappa shape index (κ3) is 4.91. The molecule has 5 rings (SSSR count). The van der Waals surface area contributed by atoms with Crippen molar-refractivity contribution in [1.29, 1.82) is 0 Å². The van der Waals surface area contributed by atoms with E-state index in [1.54, 1.807) is 0 Å². The highest BCUT2D eigenvalue weighted by atomic mass is 32.2. The first kappa shape index (κ1) is 26.6. The highest BCUT2D eigenvalue weighted by Gasteiger charge is 2.34. The summed E-state index contributed by atoms with van der Waals surface area (Å²) < 4.78 is 2.34. The molecule has 202 valence electrons. The van der Waals surface area contributed by atoms with Gasteiger partial charge >= 0.3 is 0 Å². The Balaban J connectivity index is 1.37. The fourth-order valence-electron chi connectivity index (χ4n) is 6.66. The number of carbonyl (C=O) groups excluding carboxylic acids is 2. The number of nitrogens with zero attached hydrogens (tertiary/aromatic N) is 2. The molecule has 1 saturated heterocycles. The van der Waals surface area contributed by atoms with E-state index < -0.39 is 0 Å². The number of amides is 2. The third-order valence-corrected chi connectivity index (χ3v) is 9.44. The van der Waals surface area contributed by atoms with E-state index in [-0.39, 0.29) is 24.1 Å². The smallest absolute Gasteiger partial charge is 0.254 e. The number of carbonyl (C=O) groups is 2. The second kappa shape index (κ2) is 11.0. The number of fused-ring (bicyclic) bond motifs is 1. The van der Waals surface area contributed by atoms with Crippen LogP contribution >= 0.6 is 11.8 Å². The van der Waals surface area contributed by atoms with Gasteiger partial charge in [-0.25, -0.2) is 0 Å². The molecule has 2 N–H and O–H groups in total. The molecule has 1 saturated carbocycles. The van der Waals surface area contributed by atoms with Crippen LogP contribution in [0.2, 0.25) is 0 Å². The molecule has 1 aliphatic heterocycles. The van der Waals surface area contributed by atoms with Crippen LogP contribution in [0.3, 0.4) is 0 Å². The molecule has 2 amide bonds. The van der Waals surface area contributed by atoms with E-state index in [9.17, 15) is 14.4 Å². The summed E-state index contributed by atoms with van der Waals surface area (Å²) in [6, 6.07) is 10.7. The van der Waals surface area contributed by atoms with Gasteiger partial charge in [-0.3, -0.25) is 14.4 Å². The van der Waals surface area contributed by atoms with E-state index in [1.165, 1.54) is 11.8 Å². The molecule has 1 aliphatic carbocycles. The Labute approximate surface area is 228 Å². The summed E-state index contributed by atoms with van der Waals surface area (Å²) in [5.41, 5.74) is 3.93. The van der Waals surface area contributed by atoms with Crippen molar-refractivity contribution in [2.75, 3.05) is 12.8 Å². The van der Waals surface area contributed by atoms with Crippen LogP contribution < -0.4 is 10.9 Å². The Hall–Kier alpha value is -3.00. The zero-order valence-electron chi connectivity index (χ0n) is 22.8. The van der Waals surface area contributed by atoms with Gasteiger partial charge in [0, 0.05) is 64.3 Å². The maximum Gasteiger partial charge on any atom is 0.254 e. The summed E-state index contributed by atoms with van der Waals surface area (Å²) in [6.07, 6.45) is 7.89. The number of rotatable bonds is 7. The van der Waals surface area contributed by atoms with E-state index in [4.69, 9.17) is 0 Å². The Kier molecular flexibility index (Phi) is 7.70. The molecular formula is C30H38N4O3S. The fraction of sp³-hybridized carbons (Fsp3) is 0.500. The largest absolute Gasteiger partial charge is 0.348 e. The lowest BCUT2D eigenvalue weighted by molar-refractivity contribution is -0.130. The average Bonchev–Trinajstić information content (AvgIpc) is 3.47. The molecule has 0 radical (unpaired) electrons. The van der Waals surface area contributed by atoms with Crippen molar-refractivity contribution in [3.8, 4) is 0 Å². The molecule has 3 aromatic rings. The second-order valence-electron chi connectivity index (χ2n) is 10.9. The SMILES string of the molecule is CSc1cc(C)[nH]c(=O)c1CNC(=O)c1c(C)n([C@H](C)C2CCC(N3CCCC3=O)CC2)c2ccccc12. The van der Waals surface area contributed by atoms with Crippen LogP contribution in [0.25, 0.3) is 10.9 Å². The summed E-state index contributed by atoms with van der Waals surface area (Å²) in [5, 5.41) is 3.97. The number of aromatic nitrogens is 2. The van der Waals surface area contributed by atoms with Crippen LogP contribution in [0.1, 0.15) is 78.8 Å². The van der Waals surface area contributed by atoms with E-state index in [0.29, 0.717) is 35.4 Å². The molecule has 1 aromatic carbocycles. The number of aromatic amines is 1. The first-order chi connectivity index (χ1) is 18.3. The Bertz CT molecular complexity index is 1420. The number of para-hydroxylation sites is 1. The third-order valence-electron chi connectivity index (χ3n) is 8.64. The Morgan fingerprint density at radius 3 is 2.58 bits per heavy atom. The van der Waals surface area contributed by atoms with Crippen molar-refractivity contribution in [2.24, 2.45) is 5.92 Å². The predicted molar refractivity (Wildman–Crippen MR) is 153 cm³/mol. The van der Waals surface area contributed by atoms with Gasteiger partial charge in [-0.1, -0.05) is 18.2 Å². The van der Waals surface area contributed by atoms with Gasteiger partial charge in [-0.05, 0) is 77.2 Å². The standard InChI is InChI=1S/C30H38N4O3S/c1-18-16-26(38-4)24(29(36)32-18)17-31-30(37)28-20(3)34(25-9-6-5-8-23(25)28)19(2)21-11-13-22(14-12-21)33-15-7-10-27(33)35/h5-6,8-9,16,19,21-22H,7,10-15,17H2,1-4H3,(H,31,37)(H,32,36)/t19-,21?,22?/m1/s1. The topological polar surface area (TPSA) is 87.2 Å². The molecule has 1 atom stereocenters. The maximum atomic E-state index is 13.6. The average molecular weight is 535 g/mol. The molecule has 0 spiro atoms. The number of thioether (sulfide) groups is 1. The Morgan fingerprint density at radius 2 is 1.89 bits per heavy atom. The van der Waals surface area contributed by atoms with Gasteiger partial charge in [0.2, 0.25) is 5.91 Å². The van der Waals surface area contributed by atoms with Crippen molar-refractivity contribution in [3.63, 3.8) is 0 Å². The monoisotopic (exact) mass is 534 g/mol. The summed E-state index contributed by atoms with van der Waals surface area (Å²) in [7, 11) is 0. The number of H-pyrrole nitrogens is 1. The highest BCUT2D eigenvalue weighted by Crippen LogP contribution is 2.39. The molecule has 3 heterocycles. The zero-order chi connectivity index (χ0) is 27.0. The molecule has 2 fully saturated rings. The summed E-state index contributed by atoms with van der Waals surface area (Å²) in [6.45, 7) is 7.26. The van der Waals surface area contributed by atoms with Gasteiger partial charge in [0.15, 0.2) is 0 Å². The number of hydrogen-bond acceptors (Lipinski definition) is 4. The lowest BCUT2D eigenvalue weighted by atomic mass is 9.81. The van der Waals surface area contributed by atoms with E-state index in [1.807, 2.05) is 44.4 Å². The van der Waals surface area contributed by atoms with Crippen LogP contribution in [0.4, 0.5) is 0 Å². The van der Waals surface area contributed by atoms with Gasteiger partial charge in [0.1, 0.15) is 0 Å². The first-order valence-corrected chi connectivity index (χ1v) is 15.0. The summed E-state index contributed by atoms with van der Waals surface area (Å²) in [4.78, 5) is 44.3. The normalized spacial score (nSPS) is 20.7. The van der Waals surface area contributed by atoms with Gasteiger partial charge in [-0.15, -0.1) is 11.8 Å². The van der Waals surface area contributed by atoms with E-state index in [0.717, 1.165) is 65.8 Å². The highest BCUT2D eigenvalue weighted by molar-refractivity contribution is 7.98. The van der Waals surface area contributed by atoms with Gasteiger partial charge in [0.05, 0.1) is 5.56 Å². The minimum absolute atomic E-state index is 0.159. The lowest BCUT2D eigenvalue weighted by Gasteiger charge is -2.37. The van der Waals surface area contributed by atoms with Gasteiger partial charge < -0.3 is 19.8 Å². The van der Waals surface area contributed by atoms with Crippen LogP contribution in [0, 0.1) is 19.8 Å². The zero-order valence-corrected chi connectivity index (χ0v) is 23.6.